The number of aromatic nitrogens is 3. The van der Waals surface area contributed by atoms with Gasteiger partial charge in [-0.3, -0.25) is 5.32 Å². The molecule has 1 atom stereocenters. The third kappa shape index (κ3) is 7.79. The number of carbonyl (C=O) groups is 1. The van der Waals surface area contributed by atoms with Crippen LogP contribution in [0.3, 0.4) is 0 Å². The highest BCUT2D eigenvalue weighted by Crippen LogP contribution is 2.27. The lowest BCUT2D eigenvalue weighted by Crippen LogP contribution is -2.46. The van der Waals surface area contributed by atoms with Crippen molar-refractivity contribution in [2.45, 2.75) is 58.4 Å². The SMILES string of the molecule is Cc1ccc(C(C)C)c(NC(=S)NC(=O)NC2CC=C(c3ncn(-c4ccc(OC(F)(F)F)cc4)n3)CC2)c1. The molecule has 8 nitrogen and oxygen atoms in total. The Balaban J connectivity index is 1.29. The molecule has 0 radical (unpaired) electrons. The van der Waals surface area contributed by atoms with E-state index < -0.39 is 6.36 Å². The van der Waals surface area contributed by atoms with Crippen LogP contribution in [0, 0.1) is 6.92 Å². The molecule has 0 saturated carbocycles. The van der Waals surface area contributed by atoms with Crippen LogP contribution in [0.5, 0.6) is 5.75 Å². The molecule has 206 valence electrons. The van der Waals surface area contributed by atoms with Crippen molar-refractivity contribution in [3.05, 3.63) is 71.8 Å². The quantitative estimate of drug-likeness (QED) is 0.311. The number of benzene rings is 2. The Morgan fingerprint density at radius 1 is 1.18 bits per heavy atom. The maximum atomic E-state index is 12.5. The molecule has 0 bridgehead atoms. The molecule has 1 aliphatic carbocycles. The van der Waals surface area contributed by atoms with Crippen LogP contribution in [0.1, 0.15) is 56.0 Å². The number of urea groups is 1. The van der Waals surface area contributed by atoms with Gasteiger partial charge in [0.15, 0.2) is 10.9 Å². The van der Waals surface area contributed by atoms with E-state index in [4.69, 9.17) is 12.2 Å². The van der Waals surface area contributed by atoms with E-state index in [2.05, 4.69) is 50.7 Å². The molecule has 0 saturated heterocycles. The van der Waals surface area contributed by atoms with E-state index in [0.717, 1.165) is 22.4 Å². The molecule has 0 aliphatic heterocycles. The first-order valence-electron chi connectivity index (χ1n) is 12.4. The van der Waals surface area contributed by atoms with E-state index in [1.165, 1.54) is 35.3 Å². The minimum Gasteiger partial charge on any atom is -0.406 e. The summed E-state index contributed by atoms with van der Waals surface area (Å²) in [6.45, 7) is 6.19. The number of alkyl halides is 3. The Morgan fingerprint density at radius 3 is 2.56 bits per heavy atom. The van der Waals surface area contributed by atoms with Gasteiger partial charge in [-0.15, -0.1) is 18.3 Å². The maximum Gasteiger partial charge on any atom is 0.573 e. The first-order valence-corrected chi connectivity index (χ1v) is 12.8. The van der Waals surface area contributed by atoms with Crippen molar-refractivity contribution in [3.63, 3.8) is 0 Å². The fourth-order valence-corrected chi connectivity index (χ4v) is 4.47. The van der Waals surface area contributed by atoms with Crippen molar-refractivity contribution in [2.75, 3.05) is 5.32 Å². The molecule has 1 unspecified atom stereocenters. The number of hydrogen-bond donors (Lipinski definition) is 3. The Bertz CT molecular complexity index is 1370. The number of nitrogens with zero attached hydrogens (tertiary/aromatic N) is 3. The molecule has 0 fully saturated rings. The highest BCUT2D eigenvalue weighted by atomic mass is 32.1. The summed E-state index contributed by atoms with van der Waals surface area (Å²) < 4.78 is 42.5. The number of anilines is 1. The number of rotatable bonds is 6. The van der Waals surface area contributed by atoms with Gasteiger partial charge in [0.05, 0.1) is 5.69 Å². The van der Waals surface area contributed by atoms with Gasteiger partial charge in [0.2, 0.25) is 0 Å². The molecular formula is C27H29F3N6O2S. The summed E-state index contributed by atoms with van der Waals surface area (Å²) >= 11 is 5.35. The van der Waals surface area contributed by atoms with Gasteiger partial charge in [-0.25, -0.2) is 14.5 Å². The second-order valence-electron chi connectivity index (χ2n) is 9.55. The Labute approximate surface area is 229 Å². The van der Waals surface area contributed by atoms with Crippen molar-refractivity contribution < 1.29 is 22.7 Å². The van der Waals surface area contributed by atoms with Crippen LogP contribution >= 0.6 is 12.2 Å². The number of halogens is 3. The molecule has 39 heavy (non-hydrogen) atoms. The summed E-state index contributed by atoms with van der Waals surface area (Å²) in [5.74, 6) is 0.515. The largest absolute Gasteiger partial charge is 0.573 e. The summed E-state index contributed by atoms with van der Waals surface area (Å²) in [7, 11) is 0. The smallest absolute Gasteiger partial charge is 0.406 e. The molecule has 1 aromatic heterocycles. The zero-order chi connectivity index (χ0) is 28.2. The predicted molar refractivity (Wildman–Crippen MR) is 147 cm³/mol. The number of thiocarbonyl (C=S) groups is 1. The van der Waals surface area contributed by atoms with E-state index in [9.17, 15) is 18.0 Å². The van der Waals surface area contributed by atoms with E-state index in [1.54, 1.807) is 0 Å². The molecular weight excluding hydrogens is 529 g/mol. The van der Waals surface area contributed by atoms with Crippen molar-refractivity contribution in [1.82, 2.24) is 25.4 Å². The monoisotopic (exact) mass is 558 g/mol. The number of hydrogen-bond acceptors (Lipinski definition) is 5. The zero-order valence-corrected chi connectivity index (χ0v) is 22.5. The summed E-state index contributed by atoms with van der Waals surface area (Å²) in [6, 6.07) is 11.0. The molecule has 4 rings (SSSR count). The summed E-state index contributed by atoms with van der Waals surface area (Å²) in [5.41, 5.74) is 4.55. The summed E-state index contributed by atoms with van der Waals surface area (Å²) in [6.07, 6.45) is 0.664. The van der Waals surface area contributed by atoms with Crippen molar-refractivity contribution in [3.8, 4) is 11.4 Å². The summed E-state index contributed by atoms with van der Waals surface area (Å²) in [4.78, 5) is 16.9. The molecule has 2 amide bonds. The van der Waals surface area contributed by atoms with E-state index in [0.29, 0.717) is 36.7 Å². The third-order valence-corrected chi connectivity index (χ3v) is 6.37. The van der Waals surface area contributed by atoms with Crippen molar-refractivity contribution in [2.24, 2.45) is 0 Å². The first-order chi connectivity index (χ1) is 18.5. The second-order valence-corrected chi connectivity index (χ2v) is 9.96. The fraction of sp³-hybridized carbons (Fsp3) is 0.333. The minimum absolute atomic E-state index is 0.0787. The van der Waals surface area contributed by atoms with Gasteiger partial charge in [0.25, 0.3) is 0 Å². The van der Waals surface area contributed by atoms with Gasteiger partial charge in [0, 0.05) is 11.7 Å². The zero-order valence-electron chi connectivity index (χ0n) is 21.7. The van der Waals surface area contributed by atoms with Gasteiger partial charge in [-0.05, 0) is 91.4 Å². The standard InChI is InChI=1S/C27H29F3N6O2S/c1-16(2)22-13-4-17(3)14-23(22)33-26(39)34-25(37)32-19-7-5-18(6-8-19)24-31-15-36(35-24)20-9-11-21(12-10-20)38-27(28,29)30/h4-5,9-16,19H,6-8H2,1-3H3,(H3,32,33,34,37,39). The lowest BCUT2D eigenvalue weighted by atomic mass is 9.95. The molecule has 3 N–H and O–H groups in total. The van der Waals surface area contributed by atoms with Crippen LogP contribution < -0.4 is 20.7 Å². The van der Waals surface area contributed by atoms with Gasteiger partial charge in [-0.1, -0.05) is 32.1 Å². The number of amides is 2. The topological polar surface area (TPSA) is 93.1 Å². The van der Waals surface area contributed by atoms with Crippen LogP contribution in [0.25, 0.3) is 11.3 Å². The minimum atomic E-state index is -4.75. The molecule has 2 aromatic carbocycles. The molecule has 1 heterocycles. The average Bonchev–Trinajstić information content (AvgIpc) is 3.34. The predicted octanol–water partition coefficient (Wildman–Crippen LogP) is 6.23. The van der Waals surface area contributed by atoms with Crippen LogP contribution in [-0.4, -0.2) is 38.3 Å². The fourth-order valence-electron chi connectivity index (χ4n) is 4.26. The van der Waals surface area contributed by atoms with E-state index in [1.807, 2.05) is 25.1 Å². The van der Waals surface area contributed by atoms with Crippen LogP contribution in [0.15, 0.2) is 54.9 Å². The third-order valence-electron chi connectivity index (χ3n) is 6.17. The van der Waals surface area contributed by atoms with Gasteiger partial charge < -0.3 is 15.4 Å². The number of allylic oxidation sites excluding steroid dienone is 1. The molecule has 12 heteroatoms. The van der Waals surface area contributed by atoms with E-state index >= 15 is 0 Å². The lowest BCUT2D eigenvalue weighted by molar-refractivity contribution is -0.274. The Kier molecular flexibility index (Phi) is 8.54. The van der Waals surface area contributed by atoms with E-state index in [-0.39, 0.29) is 22.9 Å². The number of nitrogens with one attached hydrogen (secondary N) is 3. The average molecular weight is 559 g/mol. The van der Waals surface area contributed by atoms with Crippen LogP contribution in [0.4, 0.5) is 23.7 Å². The highest BCUT2D eigenvalue weighted by Gasteiger charge is 2.31. The number of aryl methyl sites for hydroxylation is 1. The summed E-state index contributed by atoms with van der Waals surface area (Å²) in [5, 5.41) is 13.4. The molecule has 1 aliphatic rings. The van der Waals surface area contributed by atoms with Crippen LogP contribution in [-0.2, 0) is 0 Å². The maximum absolute atomic E-state index is 12.5. The van der Waals surface area contributed by atoms with Gasteiger partial charge >= 0.3 is 12.4 Å². The lowest BCUT2D eigenvalue weighted by Gasteiger charge is -2.23. The Morgan fingerprint density at radius 2 is 1.92 bits per heavy atom. The normalized spacial score (nSPS) is 15.5. The number of carbonyl (C=O) groups excluding carboxylic acids is 1. The highest BCUT2D eigenvalue weighted by molar-refractivity contribution is 7.80. The van der Waals surface area contributed by atoms with Crippen molar-refractivity contribution >= 4 is 34.6 Å². The van der Waals surface area contributed by atoms with Crippen LogP contribution in [0.2, 0.25) is 0 Å². The number of ether oxygens (including phenoxy) is 1. The van der Waals surface area contributed by atoms with Gasteiger partial charge in [0.1, 0.15) is 12.1 Å². The molecule has 3 aromatic rings. The Hall–Kier alpha value is -3.93. The second kappa shape index (κ2) is 11.9. The van der Waals surface area contributed by atoms with Gasteiger partial charge in [-0.2, -0.15) is 0 Å². The first kappa shape index (κ1) is 28.1. The van der Waals surface area contributed by atoms with Crippen molar-refractivity contribution in [1.29, 1.82) is 0 Å². The molecule has 0 spiro atoms.